The number of hydrogen-bond acceptors (Lipinski definition) is 6. The number of morpholine rings is 1. The first-order valence-electron chi connectivity index (χ1n) is 4.64. The average Bonchev–Trinajstić information content (AvgIpc) is 2.50. The molecule has 1 aromatic rings. The number of anilines is 2. The lowest BCUT2D eigenvalue weighted by molar-refractivity contribution is -0.00525. The van der Waals surface area contributed by atoms with Gasteiger partial charge < -0.3 is 15.4 Å². The van der Waals surface area contributed by atoms with Gasteiger partial charge in [-0.3, -0.25) is 0 Å². The second-order valence-electron chi connectivity index (χ2n) is 3.59. The molecule has 0 spiro atoms. The Morgan fingerprint density at radius 1 is 1.36 bits per heavy atom. The molecule has 2 N–H and O–H groups in total. The van der Waals surface area contributed by atoms with Crippen molar-refractivity contribution in [3.05, 3.63) is 0 Å². The van der Waals surface area contributed by atoms with Crippen LogP contribution < -0.4 is 10.6 Å². The smallest absolute Gasteiger partial charge is 0.210 e. The molecular weight excluding hydrogens is 200 g/mol. The largest absolute Gasteiger partial charge is 0.374 e. The molecule has 1 fully saturated rings. The fraction of sp³-hybridized carbons (Fsp3) is 0.750. The van der Waals surface area contributed by atoms with Crippen LogP contribution in [0.5, 0.6) is 0 Å². The van der Waals surface area contributed by atoms with Crippen LogP contribution in [-0.2, 0) is 4.74 Å². The minimum atomic E-state index is 0.240. The molecule has 1 aromatic heterocycles. The number of nitrogens with zero attached hydrogens (tertiary/aromatic N) is 3. The summed E-state index contributed by atoms with van der Waals surface area (Å²) in [5.41, 5.74) is 5.54. The van der Waals surface area contributed by atoms with Crippen molar-refractivity contribution in [1.82, 2.24) is 10.2 Å². The van der Waals surface area contributed by atoms with Crippen LogP contribution in [0.2, 0.25) is 0 Å². The minimum Gasteiger partial charge on any atom is -0.374 e. The standard InChI is InChI=1S/C8H14N4OS/c1-5-3-12(4-6(2)13-5)8-11-10-7(9)14-8/h5-6H,3-4H2,1-2H3,(H2,9,10)/t5-,6-/m1/s1. The summed E-state index contributed by atoms with van der Waals surface area (Å²) < 4.78 is 5.63. The van der Waals surface area contributed by atoms with Crippen LogP contribution in [0.4, 0.5) is 10.3 Å². The number of aromatic nitrogens is 2. The van der Waals surface area contributed by atoms with Gasteiger partial charge in [-0.05, 0) is 13.8 Å². The van der Waals surface area contributed by atoms with E-state index < -0.39 is 0 Å². The molecule has 14 heavy (non-hydrogen) atoms. The second kappa shape index (κ2) is 3.70. The normalized spacial score (nSPS) is 28.0. The fourth-order valence-corrected chi connectivity index (χ4v) is 2.32. The van der Waals surface area contributed by atoms with Crippen molar-refractivity contribution in [3.8, 4) is 0 Å². The van der Waals surface area contributed by atoms with Crippen molar-refractivity contribution in [2.24, 2.45) is 0 Å². The molecule has 2 rings (SSSR count). The highest BCUT2D eigenvalue weighted by atomic mass is 32.1. The number of rotatable bonds is 1. The van der Waals surface area contributed by atoms with Crippen LogP contribution in [0.3, 0.4) is 0 Å². The van der Waals surface area contributed by atoms with Crippen molar-refractivity contribution >= 4 is 21.6 Å². The molecule has 1 aliphatic heterocycles. The Morgan fingerprint density at radius 2 is 2.00 bits per heavy atom. The van der Waals surface area contributed by atoms with E-state index in [1.54, 1.807) is 0 Å². The predicted octanol–water partition coefficient (Wildman–Crippen LogP) is 0.734. The van der Waals surface area contributed by atoms with Gasteiger partial charge in [-0.25, -0.2) is 0 Å². The summed E-state index contributed by atoms with van der Waals surface area (Å²) in [5, 5.41) is 9.24. The monoisotopic (exact) mass is 214 g/mol. The van der Waals surface area contributed by atoms with Gasteiger partial charge in [-0.2, -0.15) is 0 Å². The van der Waals surface area contributed by atoms with Gasteiger partial charge in [0.2, 0.25) is 10.3 Å². The van der Waals surface area contributed by atoms with E-state index in [1.807, 2.05) is 0 Å². The number of ether oxygens (including phenoxy) is 1. The van der Waals surface area contributed by atoms with Crippen LogP contribution in [0.25, 0.3) is 0 Å². The highest BCUT2D eigenvalue weighted by Crippen LogP contribution is 2.24. The van der Waals surface area contributed by atoms with Crippen LogP contribution >= 0.6 is 11.3 Å². The molecule has 2 atom stereocenters. The van der Waals surface area contributed by atoms with Crippen molar-refractivity contribution in [1.29, 1.82) is 0 Å². The molecule has 5 nitrogen and oxygen atoms in total. The van der Waals surface area contributed by atoms with Crippen LogP contribution in [0.1, 0.15) is 13.8 Å². The van der Waals surface area contributed by atoms with Crippen LogP contribution in [0.15, 0.2) is 0 Å². The molecule has 2 heterocycles. The van der Waals surface area contributed by atoms with E-state index in [9.17, 15) is 0 Å². The molecule has 1 aliphatic rings. The van der Waals surface area contributed by atoms with Crippen molar-refractivity contribution in [2.45, 2.75) is 26.1 Å². The van der Waals surface area contributed by atoms with E-state index in [0.717, 1.165) is 18.2 Å². The lowest BCUT2D eigenvalue weighted by Crippen LogP contribution is -2.45. The first-order valence-corrected chi connectivity index (χ1v) is 5.46. The predicted molar refractivity (Wildman–Crippen MR) is 56.5 cm³/mol. The molecular formula is C8H14N4OS. The lowest BCUT2D eigenvalue weighted by Gasteiger charge is -2.34. The fourth-order valence-electron chi connectivity index (χ4n) is 1.69. The molecule has 0 saturated carbocycles. The summed E-state index contributed by atoms with van der Waals surface area (Å²) >= 11 is 1.42. The number of nitrogen functional groups attached to an aromatic ring is 1. The maximum absolute atomic E-state index is 5.63. The summed E-state index contributed by atoms with van der Waals surface area (Å²) in [6.45, 7) is 5.85. The number of nitrogens with two attached hydrogens (primary N) is 1. The third kappa shape index (κ3) is 1.96. The molecule has 0 bridgehead atoms. The molecule has 0 aromatic carbocycles. The quantitative estimate of drug-likeness (QED) is 0.746. The zero-order valence-electron chi connectivity index (χ0n) is 8.30. The Morgan fingerprint density at radius 3 is 2.50 bits per heavy atom. The zero-order chi connectivity index (χ0) is 10.1. The molecule has 0 unspecified atom stereocenters. The van der Waals surface area contributed by atoms with Gasteiger partial charge in [-0.15, -0.1) is 10.2 Å². The summed E-state index contributed by atoms with van der Waals surface area (Å²) in [7, 11) is 0. The van der Waals surface area contributed by atoms with Crippen molar-refractivity contribution < 1.29 is 4.74 Å². The first kappa shape index (κ1) is 9.67. The minimum absolute atomic E-state index is 0.240. The molecule has 78 valence electrons. The van der Waals surface area contributed by atoms with E-state index in [1.165, 1.54) is 11.3 Å². The zero-order valence-corrected chi connectivity index (χ0v) is 9.12. The molecule has 6 heteroatoms. The summed E-state index contributed by atoms with van der Waals surface area (Å²) in [6.07, 6.45) is 0.479. The van der Waals surface area contributed by atoms with Crippen molar-refractivity contribution in [2.75, 3.05) is 23.7 Å². The summed E-state index contributed by atoms with van der Waals surface area (Å²) in [5.74, 6) is 0. The Bertz CT molecular complexity index is 306. The third-order valence-corrected chi connectivity index (χ3v) is 2.93. The average molecular weight is 214 g/mol. The first-order chi connectivity index (χ1) is 6.65. The Hall–Kier alpha value is -0.880. The van der Waals surface area contributed by atoms with Crippen LogP contribution in [0, 0.1) is 0 Å². The maximum Gasteiger partial charge on any atom is 0.210 e. The van der Waals surface area contributed by atoms with E-state index in [0.29, 0.717) is 5.13 Å². The highest BCUT2D eigenvalue weighted by molar-refractivity contribution is 7.18. The molecule has 0 amide bonds. The Balaban J connectivity index is 2.10. The molecule has 0 aliphatic carbocycles. The Labute approximate surface area is 86.9 Å². The van der Waals surface area contributed by atoms with E-state index in [2.05, 4.69) is 28.9 Å². The molecule has 1 saturated heterocycles. The van der Waals surface area contributed by atoms with Gasteiger partial charge in [0.25, 0.3) is 0 Å². The van der Waals surface area contributed by atoms with Gasteiger partial charge in [-0.1, -0.05) is 11.3 Å². The SMILES string of the molecule is C[C@@H]1CN(c2nnc(N)s2)C[C@@H](C)O1. The van der Waals surface area contributed by atoms with Gasteiger partial charge in [0.1, 0.15) is 0 Å². The van der Waals surface area contributed by atoms with E-state index in [4.69, 9.17) is 10.5 Å². The lowest BCUT2D eigenvalue weighted by atomic mass is 10.2. The van der Waals surface area contributed by atoms with Gasteiger partial charge in [0.15, 0.2) is 0 Å². The summed E-state index contributed by atoms with van der Waals surface area (Å²) in [4.78, 5) is 2.17. The van der Waals surface area contributed by atoms with E-state index in [-0.39, 0.29) is 12.2 Å². The van der Waals surface area contributed by atoms with Crippen molar-refractivity contribution in [3.63, 3.8) is 0 Å². The highest BCUT2D eigenvalue weighted by Gasteiger charge is 2.24. The van der Waals surface area contributed by atoms with Gasteiger partial charge in [0, 0.05) is 13.1 Å². The van der Waals surface area contributed by atoms with Crippen LogP contribution in [-0.4, -0.2) is 35.5 Å². The maximum atomic E-state index is 5.63. The van der Waals surface area contributed by atoms with Gasteiger partial charge in [0.05, 0.1) is 12.2 Å². The summed E-state index contributed by atoms with van der Waals surface area (Å²) in [6, 6.07) is 0. The molecule has 0 radical (unpaired) electrons. The number of hydrogen-bond donors (Lipinski definition) is 1. The second-order valence-corrected chi connectivity index (χ2v) is 4.57. The van der Waals surface area contributed by atoms with E-state index >= 15 is 0 Å². The third-order valence-electron chi connectivity index (χ3n) is 2.12. The topological polar surface area (TPSA) is 64.3 Å². The van der Waals surface area contributed by atoms with Gasteiger partial charge >= 0.3 is 0 Å². The Kier molecular flexibility index (Phi) is 2.56.